The van der Waals surface area contributed by atoms with E-state index in [1.54, 1.807) is 11.3 Å². The van der Waals surface area contributed by atoms with Crippen molar-refractivity contribution in [1.29, 1.82) is 0 Å². The lowest BCUT2D eigenvalue weighted by atomic mass is 10.1. The Morgan fingerprint density at radius 3 is 2.95 bits per heavy atom. The largest absolute Gasteiger partial charge is 0.324 e. The van der Waals surface area contributed by atoms with Crippen LogP contribution in [-0.4, -0.2) is 9.55 Å². The van der Waals surface area contributed by atoms with Crippen molar-refractivity contribution in [2.24, 2.45) is 0 Å². The van der Waals surface area contributed by atoms with Gasteiger partial charge in [-0.3, -0.25) is 0 Å². The molecule has 1 atom stereocenters. The average Bonchev–Trinajstić information content (AvgIpc) is 3.04. The predicted octanol–water partition coefficient (Wildman–Crippen LogP) is 5.40. The average molecular weight is 370 g/mol. The second-order valence-corrected chi connectivity index (χ2v) is 6.81. The zero-order valence-electron chi connectivity index (χ0n) is 11.0. The van der Waals surface area contributed by atoms with E-state index < -0.39 is 0 Å². The Morgan fingerprint density at radius 1 is 1.40 bits per heavy atom. The molecule has 2 heterocycles. The number of halogens is 2. The number of fused-ring (bicyclic) bond motifs is 1. The zero-order valence-corrected chi connectivity index (χ0v) is 14.2. The molecule has 0 bridgehead atoms. The summed E-state index contributed by atoms with van der Waals surface area (Å²) in [4.78, 5) is 4.65. The van der Waals surface area contributed by atoms with Gasteiger partial charge in [-0.1, -0.05) is 15.9 Å². The molecule has 20 heavy (non-hydrogen) atoms. The molecular formula is C15H14BrClN2S. The SMILES string of the molecule is CC(Cc1ccsc1)n1c(CCl)nc2cc(Br)ccc21. The molecule has 0 N–H and O–H groups in total. The number of nitrogens with zero attached hydrogens (tertiary/aromatic N) is 2. The number of aromatic nitrogens is 2. The maximum Gasteiger partial charge on any atom is 0.125 e. The van der Waals surface area contributed by atoms with Crippen LogP contribution in [-0.2, 0) is 12.3 Å². The normalized spacial score (nSPS) is 12.9. The number of benzene rings is 1. The van der Waals surface area contributed by atoms with Crippen LogP contribution >= 0.6 is 38.9 Å². The number of imidazole rings is 1. The quantitative estimate of drug-likeness (QED) is 0.563. The highest BCUT2D eigenvalue weighted by atomic mass is 79.9. The molecule has 5 heteroatoms. The van der Waals surface area contributed by atoms with Crippen LogP contribution in [0.15, 0.2) is 39.5 Å². The Labute approximate surface area is 135 Å². The summed E-state index contributed by atoms with van der Waals surface area (Å²) in [7, 11) is 0. The molecule has 0 saturated heterocycles. The Hall–Kier alpha value is -0.840. The Bertz CT molecular complexity index is 721. The molecule has 0 spiro atoms. The molecule has 2 aromatic heterocycles. The monoisotopic (exact) mass is 368 g/mol. The van der Waals surface area contributed by atoms with Crippen molar-refractivity contribution in [3.63, 3.8) is 0 Å². The summed E-state index contributed by atoms with van der Waals surface area (Å²) in [5.41, 5.74) is 3.50. The first kappa shape index (κ1) is 14.1. The number of alkyl halides is 1. The van der Waals surface area contributed by atoms with E-state index in [1.165, 1.54) is 5.56 Å². The van der Waals surface area contributed by atoms with Crippen molar-refractivity contribution in [2.75, 3.05) is 0 Å². The lowest BCUT2D eigenvalue weighted by Gasteiger charge is -2.16. The maximum atomic E-state index is 6.08. The van der Waals surface area contributed by atoms with Crippen LogP contribution in [0.1, 0.15) is 24.4 Å². The fourth-order valence-corrected chi connectivity index (χ4v) is 3.77. The van der Waals surface area contributed by atoms with Crippen LogP contribution in [0.4, 0.5) is 0 Å². The third-order valence-electron chi connectivity index (χ3n) is 3.40. The summed E-state index contributed by atoms with van der Waals surface area (Å²) < 4.78 is 3.30. The van der Waals surface area contributed by atoms with Crippen molar-refractivity contribution in [3.8, 4) is 0 Å². The molecule has 1 aromatic carbocycles. The molecule has 0 fully saturated rings. The van der Waals surface area contributed by atoms with Crippen molar-refractivity contribution < 1.29 is 0 Å². The van der Waals surface area contributed by atoms with Crippen molar-refractivity contribution in [1.82, 2.24) is 9.55 Å². The molecule has 3 aromatic rings. The van der Waals surface area contributed by atoms with Gasteiger partial charge in [0, 0.05) is 10.5 Å². The molecule has 0 aliphatic rings. The fourth-order valence-electron chi connectivity index (χ4n) is 2.55. The standard InChI is InChI=1S/C15H14BrClN2S/c1-10(6-11-4-5-20-9-11)19-14-3-2-12(16)7-13(14)18-15(19)8-17/h2-5,7,9-10H,6,8H2,1H3. The molecule has 0 saturated carbocycles. The minimum absolute atomic E-state index is 0.338. The molecule has 0 aliphatic carbocycles. The van der Waals surface area contributed by atoms with E-state index in [1.807, 2.05) is 6.07 Å². The highest BCUT2D eigenvalue weighted by molar-refractivity contribution is 9.10. The third-order valence-corrected chi connectivity index (χ3v) is 4.86. The van der Waals surface area contributed by atoms with E-state index in [0.29, 0.717) is 11.9 Å². The van der Waals surface area contributed by atoms with Gasteiger partial charge in [-0.2, -0.15) is 11.3 Å². The van der Waals surface area contributed by atoms with Crippen molar-refractivity contribution >= 4 is 49.9 Å². The molecular weight excluding hydrogens is 356 g/mol. The second-order valence-electron chi connectivity index (χ2n) is 4.85. The van der Waals surface area contributed by atoms with Crippen molar-refractivity contribution in [2.45, 2.75) is 25.3 Å². The van der Waals surface area contributed by atoms with E-state index in [4.69, 9.17) is 11.6 Å². The smallest absolute Gasteiger partial charge is 0.125 e. The number of rotatable bonds is 4. The van der Waals surface area contributed by atoms with Crippen LogP contribution in [0.3, 0.4) is 0 Å². The summed E-state index contributed by atoms with van der Waals surface area (Å²) in [6.45, 7) is 2.22. The molecule has 104 valence electrons. The van der Waals surface area contributed by atoms with E-state index in [9.17, 15) is 0 Å². The van der Waals surface area contributed by atoms with E-state index in [-0.39, 0.29) is 0 Å². The van der Waals surface area contributed by atoms with Gasteiger partial charge >= 0.3 is 0 Å². The van der Waals surface area contributed by atoms with Gasteiger partial charge < -0.3 is 4.57 Å². The van der Waals surface area contributed by atoms with Gasteiger partial charge in [0.15, 0.2) is 0 Å². The summed E-state index contributed by atoms with van der Waals surface area (Å²) in [5.74, 6) is 1.36. The molecule has 1 unspecified atom stereocenters. The predicted molar refractivity (Wildman–Crippen MR) is 89.7 cm³/mol. The Balaban J connectivity index is 2.04. The minimum atomic E-state index is 0.338. The van der Waals surface area contributed by atoms with E-state index in [0.717, 1.165) is 27.8 Å². The number of hydrogen-bond donors (Lipinski definition) is 0. The fraction of sp³-hybridized carbons (Fsp3) is 0.267. The van der Waals surface area contributed by atoms with Gasteiger partial charge in [-0.05, 0) is 53.9 Å². The van der Waals surface area contributed by atoms with Crippen LogP contribution in [0.5, 0.6) is 0 Å². The van der Waals surface area contributed by atoms with E-state index >= 15 is 0 Å². The lowest BCUT2D eigenvalue weighted by molar-refractivity contribution is 0.544. The Kier molecular flexibility index (Phi) is 4.15. The minimum Gasteiger partial charge on any atom is -0.324 e. The molecule has 0 radical (unpaired) electrons. The van der Waals surface area contributed by atoms with Gasteiger partial charge in [0.05, 0.1) is 16.9 Å². The van der Waals surface area contributed by atoms with Gasteiger partial charge in [0.1, 0.15) is 5.82 Å². The first-order chi connectivity index (χ1) is 9.69. The summed E-state index contributed by atoms with van der Waals surface area (Å²) >= 11 is 11.3. The molecule has 0 amide bonds. The van der Waals surface area contributed by atoms with Gasteiger partial charge in [0.25, 0.3) is 0 Å². The Morgan fingerprint density at radius 2 is 2.25 bits per heavy atom. The number of hydrogen-bond acceptors (Lipinski definition) is 2. The second kappa shape index (κ2) is 5.88. The third kappa shape index (κ3) is 2.65. The van der Waals surface area contributed by atoms with Crippen LogP contribution in [0, 0.1) is 0 Å². The molecule has 2 nitrogen and oxygen atoms in total. The topological polar surface area (TPSA) is 17.8 Å². The van der Waals surface area contributed by atoms with Crippen LogP contribution in [0.25, 0.3) is 11.0 Å². The van der Waals surface area contributed by atoms with Gasteiger partial charge in [0.2, 0.25) is 0 Å². The van der Waals surface area contributed by atoms with Crippen LogP contribution in [0.2, 0.25) is 0 Å². The molecule has 0 aliphatic heterocycles. The maximum absolute atomic E-state index is 6.08. The van der Waals surface area contributed by atoms with Crippen molar-refractivity contribution in [3.05, 3.63) is 50.9 Å². The highest BCUT2D eigenvalue weighted by Gasteiger charge is 2.16. The zero-order chi connectivity index (χ0) is 14.1. The lowest BCUT2D eigenvalue weighted by Crippen LogP contribution is -2.10. The highest BCUT2D eigenvalue weighted by Crippen LogP contribution is 2.27. The van der Waals surface area contributed by atoms with Gasteiger partial charge in [-0.25, -0.2) is 4.98 Å². The van der Waals surface area contributed by atoms with E-state index in [2.05, 4.69) is 61.4 Å². The summed E-state index contributed by atoms with van der Waals surface area (Å²) in [6.07, 6.45) is 0.995. The first-order valence-electron chi connectivity index (χ1n) is 6.42. The van der Waals surface area contributed by atoms with Crippen LogP contribution < -0.4 is 0 Å². The van der Waals surface area contributed by atoms with Gasteiger partial charge in [-0.15, -0.1) is 11.6 Å². The molecule has 3 rings (SSSR count). The number of thiophene rings is 1. The summed E-state index contributed by atoms with van der Waals surface area (Å²) in [6, 6.07) is 8.71. The summed E-state index contributed by atoms with van der Waals surface area (Å²) in [5, 5.41) is 4.32. The first-order valence-corrected chi connectivity index (χ1v) is 8.69.